The first-order valence-corrected chi connectivity index (χ1v) is 6.31. The predicted molar refractivity (Wildman–Crippen MR) is 85.5 cm³/mol. The lowest BCUT2D eigenvalue weighted by atomic mass is 10.4. The topological polar surface area (TPSA) is 62.7 Å². The molecule has 0 aromatic heterocycles. The molecule has 108 valence electrons. The second kappa shape index (κ2) is 12.9. The van der Waals surface area contributed by atoms with E-state index in [2.05, 4.69) is 22.5 Å². The van der Waals surface area contributed by atoms with Crippen LogP contribution in [-0.2, 0) is 9.53 Å². The molecule has 0 fully saturated rings. The minimum absolute atomic E-state index is 0. The van der Waals surface area contributed by atoms with E-state index in [9.17, 15) is 4.79 Å². The van der Waals surface area contributed by atoms with E-state index in [1.165, 1.54) is 0 Å². The van der Waals surface area contributed by atoms with E-state index in [-0.39, 0.29) is 36.0 Å². The number of carbonyl (C=O) groups is 1. The molecule has 0 unspecified atom stereocenters. The largest absolute Gasteiger partial charge is 0.463 e. The van der Waals surface area contributed by atoms with Gasteiger partial charge in [-0.1, -0.05) is 6.92 Å². The molecule has 0 aliphatic carbocycles. The Morgan fingerprint density at radius 2 is 1.94 bits per heavy atom. The molecule has 0 atom stereocenters. The molecule has 5 nitrogen and oxygen atoms in total. The molecule has 0 spiro atoms. The average molecular weight is 371 g/mol. The highest BCUT2D eigenvalue weighted by Gasteiger charge is 2.05. The number of nitrogens with one attached hydrogen (secondary N) is 2. The summed E-state index contributed by atoms with van der Waals surface area (Å²) in [6, 6.07) is 0. The van der Waals surface area contributed by atoms with Gasteiger partial charge in [-0.05, 0) is 27.2 Å². The van der Waals surface area contributed by atoms with Crippen LogP contribution in [0.3, 0.4) is 0 Å². The van der Waals surface area contributed by atoms with Crippen LogP contribution >= 0.6 is 24.0 Å². The van der Waals surface area contributed by atoms with Crippen molar-refractivity contribution in [2.75, 3.05) is 19.6 Å². The number of aliphatic imine (C=N–C) groups is 1. The van der Waals surface area contributed by atoms with E-state index in [4.69, 9.17) is 4.74 Å². The quantitative estimate of drug-likeness (QED) is 0.311. The molecule has 0 aliphatic rings. The summed E-state index contributed by atoms with van der Waals surface area (Å²) in [5.74, 6) is 0.575. The molecule has 0 aromatic carbocycles. The summed E-state index contributed by atoms with van der Waals surface area (Å²) < 4.78 is 5.03. The minimum atomic E-state index is -0.182. The van der Waals surface area contributed by atoms with E-state index in [0.717, 1.165) is 25.5 Å². The van der Waals surface area contributed by atoms with E-state index in [0.29, 0.717) is 13.0 Å². The summed E-state index contributed by atoms with van der Waals surface area (Å²) in [4.78, 5) is 15.6. The van der Waals surface area contributed by atoms with Gasteiger partial charge in [-0.2, -0.15) is 0 Å². The van der Waals surface area contributed by atoms with Gasteiger partial charge < -0.3 is 15.4 Å². The molecule has 0 aliphatic heterocycles. The van der Waals surface area contributed by atoms with Crippen molar-refractivity contribution in [3.63, 3.8) is 0 Å². The minimum Gasteiger partial charge on any atom is -0.463 e. The van der Waals surface area contributed by atoms with Gasteiger partial charge >= 0.3 is 5.97 Å². The van der Waals surface area contributed by atoms with E-state index < -0.39 is 0 Å². The van der Waals surface area contributed by atoms with Crippen LogP contribution in [0.15, 0.2) is 4.99 Å². The van der Waals surface area contributed by atoms with Gasteiger partial charge in [-0.15, -0.1) is 24.0 Å². The Bertz CT molecular complexity index is 245. The van der Waals surface area contributed by atoms with Crippen LogP contribution < -0.4 is 10.6 Å². The van der Waals surface area contributed by atoms with Crippen molar-refractivity contribution < 1.29 is 9.53 Å². The predicted octanol–water partition coefficient (Wildman–Crippen LogP) is 1.91. The molecule has 0 amide bonds. The Kier molecular flexibility index (Phi) is 14.2. The zero-order valence-electron chi connectivity index (χ0n) is 11.8. The second-order valence-electron chi connectivity index (χ2n) is 3.98. The van der Waals surface area contributed by atoms with Gasteiger partial charge in [0.25, 0.3) is 0 Å². The molecule has 0 radical (unpaired) electrons. The van der Waals surface area contributed by atoms with E-state index in [1.54, 1.807) is 0 Å². The van der Waals surface area contributed by atoms with Crippen LogP contribution in [0.5, 0.6) is 0 Å². The highest BCUT2D eigenvalue weighted by Crippen LogP contribution is 1.92. The lowest BCUT2D eigenvalue weighted by molar-refractivity contribution is -0.147. The highest BCUT2D eigenvalue weighted by atomic mass is 127. The molecule has 0 saturated heterocycles. The van der Waals surface area contributed by atoms with Gasteiger partial charge in [0.2, 0.25) is 0 Å². The van der Waals surface area contributed by atoms with Gasteiger partial charge in [0.05, 0.1) is 12.5 Å². The Balaban J connectivity index is 0. The van der Waals surface area contributed by atoms with Crippen LogP contribution in [-0.4, -0.2) is 37.7 Å². The molecule has 0 bridgehead atoms. The van der Waals surface area contributed by atoms with Crippen molar-refractivity contribution in [2.45, 2.75) is 46.6 Å². The summed E-state index contributed by atoms with van der Waals surface area (Å²) in [6.07, 6.45) is 1.31. The van der Waals surface area contributed by atoms with Gasteiger partial charge in [0.1, 0.15) is 0 Å². The number of nitrogens with zero attached hydrogens (tertiary/aromatic N) is 1. The Hall–Kier alpha value is -0.530. The third-order valence-electron chi connectivity index (χ3n) is 1.83. The lowest BCUT2D eigenvalue weighted by Gasteiger charge is -2.11. The maximum absolute atomic E-state index is 11.3. The number of ether oxygens (including phenoxy) is 1. The van der Waals surface area contributed by atoms with Crippen molar-refractivity contribution in [1.29, 1.82) is 0 Å². The molecule has 0 saturated carbocycles. The Morgan fingerprint density at radius 1 is 1.28 bits per heavy atom. The normalized spacial score (nSPS) is 10.8. The van der Waals surface area contributed by atoms with Crippen molar-refractivity contribution in [2.24, 2.45) is 4.99 Å². The number of guanidine groups is 1. The summed E-state index contributed by atoms with van der Waals surface area (Å²) in [7, 11) is 0. The smallest absolute Gasteiger partial charge is 0.307 e. The third-order valence-corrected chi connectivity index (χ3v) is 1.83. The molecular formula is C12H26IN3O2. The maximum Gasteiger partial charge on any atom is 0.307 e. The van der Waals surface area contributed by atoms with Crippen molar-refractivity contribution in [3.05, 3.63) is 0 Å². The Morgan fingerprint density at radius 3 is 2.44 bits per heavy atom. The number of esters is 1. The van der Waals surface area contributed by atoms with Crippen LogP contribution in [0.25, 0.3) is 0 Å². The summed E-state index contributed by atoms with van der Waals surface area (Å²) in [5, 5.41) is 6.22. The molecule has 0 rings (SSSR count). The lowest BCUT2D eigenvalue weighted by Crippen LogP contribution is -2.38. The zero-order valence-corrected chi connectivity index (χ0v) is 14.1. The zero-order chi connectivity index (χ0) is 13.1. The fraction of sp³-hybridized carbons (Fsp3) is 0.833. The van der Waals surface area contributed by atoms with Crippen LogP contribution in [0.1, 0.15) is 40.5 Å². The summed E-state index contributed by atoms with van der Waals surface area (Å²) >= 11 is 0. The second-order valence-corrected chi connectivity index (χ2v) is 3.98. The number of hydrogen-bond donors (Lipinski definition) is 2. The van der Waals surface area contributed by atoms with Crippen molar-refractivity contribution in [3.8, 4) is 0 Å². The van der Waals surface area contributed by atoms with Crippen molar-refractivity contribution >= 4 is 35.9 Å². The standard InChI is InChI=1S/C12H25N3O2.HI/c1-5-8-14-12(13-6-2)15-9-7-11(16)17-10(3)4;/h10H,5-9H2,1-4H3,(H2,13,14,15);1H. The molecule has 6 heteroatoms. The summed E-state index contributed by atoms with van der Waals surface area (Å²) in [6.45, 7) is 9.91. The number of carbonyl (C=O) groups excluding carboxylic acids is 1. The third kappa shape index (κ3) is 11.9. The van der Waals surface area contributed by atoms with Crippen LogP contribution in [0, 0.1) is 0 Å². The molecule has 0 aromatic rings. The SMILES string of the molecule is CCCN=C(NCC)NCCC(=O)OC(C)C.I. The van der Waals surface area contributed by atoms with Gasteiger partial charge in [-0.25, -0.2) is 0 Å². The average Bonchev–Trinajstić information content (AvgIpc) is 2.24. The molecule has 0 heterocycles. The van der Waals surface area contributed by atoms with Crippen LogP contribution in [0.2, 0.25) is 0 Å². The maximum atomic E-state index is 11.3. The number of halogens is 1. The summed E-state index contributed by atoms with van der Waals surface area (Å²) in [5.41, 5.74) is 0. The first kappa shape index (κ1) is 19.8. The van der Waals surface area contributed by atoms with E-state index >= 15 is 0 Å². The monoisotopic (exact) mass is 371 g/mol. The van der Waals surface area contributed by atoms with Gasteiger partial charge in [0.15, 0.2) is 5.96 Å². The Labute approximate surface area is 127 Å². The first-order chi connectivity index (χ1) is 8.10. The molecule has 2 N–H and O–H groups in total. The number of rotatable bonds is 7. The van der Waals surface area contributed by atoms with Crippen molar-refractivity contribution in [1.82, 2.24) is 10.6 Å². The number of hydrogen-bond acceptors (Lipinski definition) is 3. The fourth-order valence-electron chi connectivity index (χ4n) is 1.17. The van der Waals surface area contributed by atoms with Gasteiger partial charge in [0, 0.05) is 19.6 Å². The molecular weight excluding hydrogens is 345 g/mol. The molecule has 18 heavy (non-hydrogen) atoms. The first-order valence-electron chi connectivity index (χ1n) is 6.31. The highest BCUT2D eigenvalue weighted by molar-refractivity contribution is 14.0. The van der Waals surface area contributed by atoms with Crippen LogP contribution in [0.4, 0.5) is 0 Å². The fourth-order valence-corrected chi connectivity index (χ4v) is 1.17. The van der Waals surface area contributed by atoms with E-state index in [1.807, 2.05) is 20.8 Å². The van der Waals surface area contributed by atoms with Gasteiger partial charge in [-0.3, -0.25) is 9.79 Å².